The van der Waals surface area contributed by atoms with E-state index in [9.17, 15) is 39.0 Å². The molecule has 14 nitrogen and oxygen atoms in total. The summed E-state index contributed by atoms with van der Waals surface area (Å²) in [6.07, 6.45) is 1.58. The van der Waals surface area contributed by atoms with Gasteiger partial charge in [0.1, 0.15) is 18.8 Å². The first-order valence-corrected chi connectivity index (χ1v) is 19.0. The molecule has 1 aliphatic heterocycles. The number of rotatable bonds is 19. The molecule has 0 aromatic carbocycles. The van der Waals surface area contributed by atoms with Crippen molar-refractivity contribution in [2.75, 3.05) is 40.4 Å². The molecule has 52 heavy (non-hydrogen) atoms. The molecule has 13 atom stereocenters. The highest BCUT2D eigenvalue weighted by molar-refractivity contribution is 5.84. The largest absolute Gasteiger partial charge is 0.481 e. The van der Waals surface area contributed by atoms with Crippen molar-refractivity contribution in [3.63, 3.8) is 0 Å². The van der Waals surface area contributed by atoms with Crippen LogP contribution < -0.4 is 11.1 Å². The zero-order chi connectivity index (χ0) is 38.3. The number of carbonyl (C=O) groups is 6. The number of nitrogens with zero attached hydrogens (tertiary/aromatic N) is 1. The van der Waals surface area contributed by atoms with Gasteiger partial charge in [-0.15, -0.1) is 0 Å². The van der Waals surface area contributed by atoms with Gasteiger partial charge in [-0.25, -0.2) is 0 Å². The van der Waals surface area contributed by atoms with Gasteiger partial charge in [-0.2, -0.15) is 0 Å². The van der Waals surface area contributed by atoms with Crippen molar-refractivity contribution < 1.29 is 53.2 Å². The minimum Gasteiger partial charge on any atom is -0.481 e. The predicted octanol–water partition coefficient (Wildman–Crippen LogP) is 2.00. The van der Waals surface area contributed by atoms with Crippen LogP contribution in [0.4, 0.5) is 0 Å². The second-order valence-corrected chi connectivity index (χ2v) is 17.7. The van der Waals surface area contributed by atoms with E-state index in [1.54, 1.807) is 20.8 Å². The van der Waals surface area contributed by atoms with E-state index in [0.29, 0.717) is 32.2 Å². The lowest BCUT2D eigenvalue weighted by molar-refractivity contribution is -0.174. The van der Waals surface area contributed by atoms with Crippen LogP contribution in [-0.2, 0) is 43.0 Å². The van der Waals surface area contributed by atoms with Gasteiger partial charge in [0, 0.05) is 36.8 Å². The molecule has 1 saturated heterocycles. The number of nitrogens with one attached hydrogen (secondary N) is 1. The SMILES string of the molecule is CC1C2CC(C(=O)O)C(C2)C1CC(CC(C)(CC(CC(C)(C)C(=O)OCCN(C)C)C(=O)NCCO)C(=O)OC1C2CC3C(=O)OC1C3C2)C(N)=O. The summed E-state index contributed by atoms with van der Waals surface area (Å²) in [5.74, 6) is -5.67. The number of aliphatic carboxylic acids is 1. The van der Waals surface area contributed by atoms with Gasteiger partial charge in [-0.3, -0.25) is 28.8 Å². The smallest absolute Gasteiger partial charge is 0.312 e. The Bertz CT molecular complexity index is 1400. The number of aliphatic hydroxyl groups is 1. The van der Waals surface area contributed by atoms with Crippen molar-refractivity contribution >= 4 is 35.7 Å². The Morgan fingerprint density at radius 3 is 2.27 bits per heavy atom. The summed E-state index contributed by atoms with van der Waals surface area (Å²) in [5, 5.41) is 22.1. The second-order valence-electron chi connectivity index (χ2n) is 17.7. The summed E-state index contributed by atoms with van der Waals surface area (Å²) in [5.41, 5.74) is 3.45. The molecule has 0 aromatic heterocycles. The summed E-state index contributed by atoms with van der Waals surface area (Å²) in [6, 6.07) is 0. The number of ether oxygens (including phenoxy) is 3. The Labute approximate surface area is 306 Å². The average molecular weight is 734 g/mol. The summed E-state index contributed by atoms with van der Waals surface area (Å²) in [4.78, 5) is 81.4. The molecular weight excluding hydrogens is 674 g/mol. The van der Waals surface area contributed by atoms with Crippen LogP contribution in [0.5, 0.6) is 0 Å². The third-order valence-electron chi connectivity index (χ3n) is 13.3. The third-order valence-corrected chi connectivity index (χ3v) is 13.3. The quantitative estimate of drug-likeness (QED) is 0.111. The van der Waals surface area contributed by atoms with E-state index in [1.165, 1.54) is 0 Å². The fraction of sp³-hybridized carbons (Fsp3) is 0.842. The number of esters is 3. The Morgan fingerprint density at radius 1 is 0.981 bits per heavy atom. The molecule has 5 N–H and O–H groups in total. The molecule has 1 heterocycles. The predicted molar refractivity (Wildman–Crippen MR) is 186 cm³/mol. The van der Waals surface area contributed by atoms with Crippen molar-refractivity contribution in [2.45, 2.75) is 91.3 Å². The number of carboxylic acid groups (broad SMARTS) is 1. The molecule has 4 saturated carbocycles. The molecule has 0 aromatic rings. The topological polar surface area (TPSA) is 212 Å². The Hall–Kier alpha value is -3.26. The minimum atomic E-state index is -1.47. The number of hydrogen-bond donors (Lipinski definition) is 4. The van der Waals surface area contributed by atoms with E-state index in [4.69, 9.17) is 19.9 Å². The fourth-order valence-corrected chi connectivity index (χ4v) is 10.5. The van der Waals surface area contributed by atoms with Crippen LogP contribution >= 0.6 is 0 Å². The van der Waals surface area contributed by atoms with Crippen molar-refractivity contribution in [2.24, 2.45) is 75.7 Å². The number of carboxylic acids is 1. The monoisotopic (exact) mass is 733 g/mol. The molecule has 4 aliphatic carbocycles. The first kappa shape index (κ1) is 39.9. The summed E-state index contributed by atoms with van der Waals surface area (Å²) >= 11 is 0. The molecule has 0 radical (unpaired) electrons. The van der Waals surface area contributed by atoms with Crippen LogP contribution in [0.15, 0.2) is 0 Å². The highest BCUT2D eigenvalue weighted by atomic mass is 16.6. The number of likely N-dealkylation sites (N-methyl/N-ethyl adjacent to an activating group) is 1. The highest BCUT2D eigenvalue weighted by Gasteiger charge is 2.64. The molecule has 5 aliphatic rings. The van der Waals surface area contributed by atoms with Crippen molar-refractivity contribution in [1.29, 1.82) is 0 Å². The zero-order valence-electron chi connectivity index (χ0n) is 31.5. The van der Waals surface area contributed by atoms with Gasteiger partial charge in [0.2, 0.25) is 11.8 Å². The van der Waals surface area contributed by atoms with Gasteiger partial charge in [0.15, 0.2) is 0 Å². The van der Waals surface area contributed by atoms with Crippen LogP contribution in [0, 0.1) is 70.0 Å². The maximum absolute atomic E-state index is 14.6. The van der Waals surface area contributed by atoms with Crippen LogP contribution in [0.2, 0.25) is 0 Å². The van der Waals surface area contributed by atoms with E-state index in [2.05, 4.69) is 12.2 Å². The molecule has 292 valence electrons. The van der Waals surface area contributed by atoms with Gasteiger partial charge in [-0.05, 0) is 110 Å². The maximum Gasteiger partial charge on any atom is 0.312 e. The first-order chi connectivity index (χ1) is 24.4. The second kappa shape index (κ2) is 15.6. The van der Waals surface area contributed by atoms with E-state index < -0.39 is 70.5 Å². The molecule has 5 rings (SSSR count). The van der Waals surface area contributed by atoms with Crippen molar-refractivity contribution in [3.05, 3.63) is 0 Å². The zero-order valence-corrected chi connectivity index (χ0v) is 31.5. The third kappa shape index (κ3) is 8.12. The van der Waals surface area contributed by atoms with Gasteiger partial charge in [-0.1, -0.05) is 6.92 Å². The number of fused-ring (bicyclic) bond motifs is 3. The average Bonchev–Trinajstić information content (AvgIpc) is 3.86. The molecule has 2 amide bonds. The van der Waals surface area contributed by atoms with E-state index >= 15 is 0 Å². The summed E-state index contributed by atoms with van der Waals surface area (Å²) < 4.78 is 17.5. The molecule has 14 heteroatoms. The van der Waals surface area contributed by atoms with Crippen LogP contribution in [0.25, 0.3) is 0 Å². The normalized spacial score (nSPS) is 33.7. The molecule has 5 fully saturated rings. The van der Waals surface area contributed by atoms with Gasteiger partial charge >= 0.3 is 23.9 Å². The number of hydrogen-bond acceptors (Lipinski definition) is 11. The molecule has 13 unspecified atom stereocenters. The lowest BCUT2D eigenvalue weighted by Gasteiger charge is -2.39. The lowest BCUT2D eigenvalue weighted by atomic mass is 9.66. The minimum absolute atomic E-state index is 0.00504. The Balaban J connectivity index is 1.43. The van der Waals surface area contributed by atoms with E-state index in [0.717, 1.165) is 6.42 Å². The molecule has 4 bridgehead atoms. The number of amides is 2. The van der Waals surface area contributed by atoms with Gasteiger partial charge in [0.25, 0.3) is 0 Å². The lowest BCUT2D eigenvalue weighted by Crippen LogP contribution is -2.46. The highest BCUT2D eigenvalue weighted by Crippen LogP contribution is 2.58. The van der Waals surface area contributed by atoms with E-state index in [-0.39, 0.29) is 86.4 Å². The Morgan fingerprint density at radius 2 is 1.65 bits per heavy atom. The van der Waals surface area contributed by atoms with E-state index in [1.807, 2.05) is 19.0 Å². The van der Waals surface area contributed by atoms with Crippen molar-refractivity contribution in [3.8, 4) is 0 Å². The standard InChI is InChI=1S/C38H59N3O11/c1-19-20-11-25(27(12-20)33(45)46)24(19)15-22(31(39)43)17-38(4,36(49)52-29-21-13-26-28(14-21)34(47)51-30(26)29)18-23(32(44)40-7-9-42)16-37(2,3)35(48)50-10-8-41(5)6/h19-30,42H,7-18H2,1-6H3,(H2,39,43)(H,40,44)(H,45,46). The number of nitrogens with two attached hydrogens (primary N) is 1. The van der Waals surface area contributed by atoms with Crippen LogP contribution in [0.1, 0.15) is 79.1 Å². The Kier molecular flexibility index (Phi) is 12.0. The van der Waals surface area contributed by atoms with Crippen LogP contribution in [0.3, 0.4) is 0 Å². The molecular formula is C38H59N3O11. The molecule has 0 spiro atoms. The van der Waals surface area contributed by atoms with Crippen molar-refractivity contribution in [1.82, 2.24) is 10.2 Å². The summed E-state index contributed by atoms with van der Waals surface area (Å²) in [7, 11) is 3.71. The van der Waals surface area contributed by atoms with Crippen LogP contribution in [-0.4, -0.2) is 103 Å². The van der Waals surface area contributed by atoms with Gasteiger partial charge < -0.3 is 40.4 Å². The number of carbonyl (C=O) groups excluding carboxylic acids is 5. The summed E-state index contributed by atoms with van der Waals surface area (Å²) in [6.45, 7) is 7.40. The number of aliphatic hydroxyl groups excluding tert-OH is 1. The fourth-order valence-electron chi connectivity index (χ4n) is 10.5. The first-order valence-electron chi connectivity index (χ1n) is 19.0. The number of primary amides is 1. The maximum atomic E-state index is 14.6. The van der Waals surface area contributed by atoms with Gasteiger partial charge in [0.05, 0.1) is 29.3 Å².